The van der Waals surface area contributed by atoms with Crippen LogP contribution in [0.1, 0.15) is 287 Å². The van der Waals surface area contributed by atoms with Crippen molar-refractivity contribution < 1.29 is 76.3 Å². The van der Waals surface area contributed by atoms with E-state index in [9.17, 15) is 38.4 Å². The molecule has 24 bridgehead atoms. The number of cyclic esters (lactones) is 8. The molecule has 0 radical (unpaired) electrons. The molecule has 8 aliphatic heterocycles. The largest absolute Gasteiger partial charge is 0.465 e. The summed E-state index contributed by atoms with van der Waals surface area (Å²) in [5.41, 5.74) is 1.04. The lowest BCUT2D eigenvalue weighted by atomic mass is 9.59. The topological polar surface area (TPSA) is 210 Å². The summed E-state index contributed by atoms with van der Waals surface area (Å²) in [6.45, 7) is 27.3. The molecule has 24 aliphatic carbocycles. The van der Waals surface area contributed by atoms with E-state index in [-0.39, 0.29) is 91.1 Å². The first-order valence-electron chi connectivity index (χ1n) is 53.3. The number of carbonyl (C=O) groups is 8. The molecule has 0 N–H and O–H groups in total. The van der Waals surface area contributed by atoms with E-state index in [0.29, 0.717) is 62.9 Å². The second kappa shape index (κ2) is 28.9. The summed E-state index contributed by atoms with van der Waals surface area (Å²) < 4.78 is 42.0. The Bertz CT molecular complexity index is 4390. The average molecular weight is 1720 g/mol. The second-order valence-electron chi connectivity index (χ2n) is 53.2. The SMILES string of the molecule is CC1C2CC(C1C)C1(CCOC1=O)C2.CC1CC2CC1C1(COC(=O)C1)C2.CC1CC2CC1C1C2C2CC1C1(CCOC1=O)C2.CC1CC2CC1C1C2C2CC1C1(COC(=O)C1)C2.CC1CC2CC1C1C3CC(C21)C1(CCOC1=O)C3.CC1CC2CC1C1C3CC(C21)C1(COC(=O)C1)C3.CC1CC2CC1CC21CCOC1=O.CC1CC2CC1CC21COC(=O)C1. The van der Waals surface area contributed by atoms with Gasteiger partial charge in [-0.25, -0.2) is 0 Å². The molecule has 32 fully saturated rings. The van der Waals surface area contributed by atoms with Gasteiger partial charge in [0.15, 0.2) is 0 Å². The zero-order valence-electron chi connectivity index (χ0n) is 77.6. The normalized spacial score (nSPS) is 59.6. The predicted octanol–water partition coefficient (Wildman–Crippen LogP) is 19.7. The van der Waals surface area contributed by atoms with Crippen molar-refractivity contribution in [2.75, 3.05) is 52.9 Å². The van der Waals surface area contributed by atoms with E-state index in [4.69, 9.17) is 37.9 Å². The van der Waals surface area contributed by atoms with E-state index in [0.717, 1.165) is 297 Å². The Morgan fingerprint density at radius 3 is 0.968 bits per heavy atom. The maximum Gasteiger partial charge on any atom is 0.312 e. The van der Waals surface area contributed by atoms with Crippen LogP contribution in [0.4, 0.5) is 0 Å². The standard InChI is InChI=1S/4C16H22O2.C12H18O2.3C11H16O2/c1-8-2-9-3-11(8)14-10-4-12(15(9)14)16(5-10)6-13(17)18-7-16;1-8-2-9-3-11(8)15-12-4-10(14(9)15)5-16(12)6-13(17)18-7-16;1-8-4-9-5-11(8)13-10-6-12(14(9)13)16(7-10)2-3-18-15(16)17;1-8-4-9-5-11(8)14-12-6-10(13(9)14)7-16(12)2-3-18-15(16)17;1-7-8(2)10-5-9(7)6-12(10)3-4-14-11(12)13;1-7-2-9-3-8(7)4-11(9)5-10(12)13-6-11;1-7-2-8-3-9(7)11(4-8)5-10(12)13-6-11;1-7-4-9-5-8(7)6-11(9)2-3-13-10(11)12/h2*8-12,14-15H,2-7H2,1H3;2*8-14H,2-7H2,1H3;7-10H,3-6H2,1-2H3;3*7-9H,2-6H2,1H3. The Morgan fingerprint density at radius 1 is 0.224 bits per heavy atom. The fourth-order valence-corrected chi connectivity index (χ4v) is 44.9. The van der Waals surface area contributed by atoms with Crippen LogP contribution in [0.2, 0.25) is 0 Å². The summed E-state index contributed by atoms with van der Waals surface area (Å²) in [6, 6.07) is 0. The average Bonchev–Trinajstić information content (AvgIpc) is 1.53. The fraction of sp³-hybridized carbons (Fsp3) is 0.927. The number of ether oxygens (including phenoxy) is 8. The van der Waals surface area contributed by atoms with Crippen molar-refractivity contribution in [3.8, 4) is 0 Å². The van der Waals surface area contributed by atoms with Gasteiger partial charge < -0.3 is 37.9 Å². The molecule has 16 heteroatoms. The van der Waals surface area contributed by atoms with E-state index in [1.54, 1.807) is 0 Å². The van der Waals surface area contributed by atoms with Crippen molar-refractivity contribution in [3.63, 3.8) is 0 Å². The van der Waals surface area contributed by atoms with Crippen molar-refractivity contribution in [2.24, 2.45) is 286 Å². The Morgan fingerprint density at radius 2 is 0.568 bits per heavy atom. The third-order valence-corrected chi connectivity index (χ3v) is 49.1. The molecule has 0 aromatic rings. The Kier molecular flexibility index (Phi) is 19.1. The smallest absolute Gasteiger partial charge is 0.312 e. The lowest BCUT2D eigenvalue weighted by Crippen LogP contribution is -2.43. The lowest BCUT2D eigenvalue weighted by Gasteiger charge is -2.44. The van der Waals surface area contributed by atoms with E-state index >= 15 is 0 Å². The summed E-state index contributed by atoms with van der Waals surface area (Å²) in [4.78, 5) is 93.4. The fourth-order valence-electron chi connectivity index (χ4n) is 44.9. The molecule has 32 aliphatic rings. The highest BCUT2D eigenvalue weighted by Gasteiger charge is 2.76. The van der Waals surface area contributed by atoms with Gasteiger partial charge in [-0.1, -0.05) is 62.3 Å². The van der Waals surface area contributed by atoms with Crippen LogP contribution in [0.3, 0.4) is 0 Å². The zero-order valence-corrected chi connectivity index (χ0v) is 77.6. The highest BCUT2D eigenvalue weighted by Crippen LogP contribution is 2.80. The van der Waals surface area contributed by atoms with Crippen molar-refractivity contribution >= 4 is 47.8 Å². The molecule has 16 nitrogen and oxygen atoms in total. The number of hydrogen-bond acceptors (Lipinski definition) is 16. The Labute approximate surface area is 745 Å². The van der Waals surface area contributed by atoms with Gasteiger partial charge in [-0.05, 0) is 442 Å². The molecular weight excluding hydrogens is 1570 g/mol. The summed E-state index contributed by atoms with van der Waals surface area (Å²) in [5.74, 6) is 37.4. The maximum atomic E-state index is 12.2. The van der Waals surface area contributed by atoms with E-state index in [2.05, 4.69) is 62.3 Å². The molecular formula is C109H154O16. The number of esters is 8. The molecule has 125 heavy (non-hydrogen) atoms. The van der Waals surface area contributed by atoms with Gasteiger partial charge in [0.2, 0.25) is 0 Å². The quantitative estimate of drug-likeness (QED) is 0.125. The molecule has 8 heterocycles. The minimum Gasteiger partial charge on any atom is -0.465 e. The lowest BCUT2D eigenvalue weighted by molar-refractivity contribution is -0.152. The van der Waals surface area contributed by atoms with Gasteiger partial charge in [-0.2, -0.15) is 0 Å². The molecule has 0 aromatic heterocycles. The summed E-state index contributed by atoms with van der Waals surface area (Å²) in [6.07, 6.45) is 43.3. The van der Waals surface area contributed by atoms with Gasteiger partial charge in [0.05, 0.1) is 100 Å². The monoisotopic (exact) mass is 1720 g/mol. The molecule has 49 atom stereocenters. The summed E-state index contributed by atoms with van der Waals surface area (Å²) in [7, 11) is 0. The van der Waals surface area contributed by atoms with Crippen LogP contribution in [0.25, 0.3) is 0 Å². The molecule has 49 unspecified atom stereocenters. The maximum absolute atomic E-state index is 12.2. The molecule has 0 amide bonds. The molecule has 24 saturated carbocycles. The van der Waals surface area contributed by atoms with Crippen LogP contribution < -0.4 is 0 Å². The van der Waals surface area contributed by atoms with Gasteiger partial charge in [-0.15, -0.1) is 0 Å². The Hall–Kier alpha value is -4.24. The molecule has 8 spiro atoms. The summed E-state index contributed by atoms with van der Waals surface area (Å²) >= 11 is 0. The first-order valence-corrected chi connectivity index (χ1v) is 53.3. The number of carbonyl (C=O) groups excluding carboxylic acids is 8. The summed E-state index contributed by atoms with van der Waals surface area (Å²) in [5, 5.41) is 0. The van der Waals surface area contributed by atoms with Crippen LogP contribution in [0.15, 0.2) is 0 Å². The van der Waals surface area contributed by atoms with Gasteiger partial charge in [0.25, 0.3) is 0 Å². The van der Waals surface area contributed by atoms with E-state index < -0.39 is 0 Å². The van der Waals surface area contributed by atoms with Crippen molar-refractivity contribution in [1.82, 2.24) is 0 Å². The minimum absolute atomic E-state index is 0.0143. The van der Waals surface area contributed by atoms with Crippen LogP contribution >= 0.6 is 0 Å². The van der Waals surface area contributed by atoms with Crippen LogP contribution in [0, 0.1) is 286 Å². The number of hydrogen-bond donors (Lipinski definition) is 0. The molecule has 0 aromatic carbocycles. The van der Waals surface area contributed by atoms with Crippen LogP contribution in [-0.2, 0) is 76.3 Å². The van der Waals surface area contributed by atoms with E-state index in [1.165, 1.54) is 161 Å². The van der Waals surface area contributed by atoms with Crippen LogP contribution in [-0.4, -0.2) is 101 Å². The molecule has 686 valence electrons. The van der Waals surface area contributed by atoms with Gasteiger partial charge in [-0.3, -0.25) is 38.4 Å². The van der Waals surface area contributed by atoms with Crippen molar-refractivity contribution in [1.29, 1.82) is 0 Å². The van der Waals surface area contributed by atoms with Crippen molar-refractivity contribution in [3.05, 3.63) is 0 Å². The van der Waals surface area contributed by atoms with Crippen molar-refractivity contribution in [2.45, 2.75) is 287 Å². The first-order chi connectivity index (χ1) is 60.0. The number of rotatable bonds is 0. The third kappa shape index (κ3) is 11.8. The zero-order chi connectivity index (χ0) is 85.4. The first kappa shape index (κ1) is 82.7. The third-order valence-electron chi connectivity index (χ3n) is 49.1. The van der Waals surface area contributed by atoms with Gasteiger partial charge in [0.1, 0.15) is 0 Å². The van der Waals surface area contributed by atoms with Gasteiger partial charge in [0, 0.05) is 21.7 Å². The highest BCUT2D eigenvalue weighted by molar-refractivity contribution is 5.82. The Balaban J connectivity index is 0.0000000784. The number of fused-ring (bicyclic) bond motifs is 52. The van der Waals surface area contributed by atoms with Gasteiger partial charge >= 0.3 is 47.8 Å². The van der Waals surface area contributed by atoms with Crippen LogP contribution in [0.5, 0.6) is 0 Å². The van der Waals surface area contributed by atoms with E-state index in [1.807, 2.05) is 0 Å². The molecule has 8 saturated heterocycles. The minimum atomic E-state index is -0.0450. The predicted molar refractivity (Wildman–Crippen MR) is 463 cm³/mol. The highest BCUT2D eigenvalue weighted by atomic mass is 16.6. The molecule has 32 rings (SSSR count). The second-order valence-corrected chi connectivity index (χ2v) is 53.2.